The number of benzene rings is 8. The Balaban J connectivity index is 0.000000451. The number of ether oxygens (including phenoxy) is 3. The van der Waals surface area contributed by atoms with Crippen LogP contribution in [0.3, 0.4) is 0 Å². The van der Waals surface area contributed by atoms with Crippen LogP contribution < -0.4 is 19.9 Å². The number of methoxy groups -OCH3 is 3. The van der Waals surface area contributed by atoms with Crippen LogP contribution in [0.1, 0.15) is 85.1 Å². The van der Waals surface area contributed by atoms with Crippen LogP contribution in [-0.2, 0) is 72.5 Å². The van der Waals surface area contributed by atoms with Gasteiger partial charge in [0.25, 0.3) is 9.05 Å². The Morgan fingerprint density at radius 1 is 0.410 bits per heavy atom. The van der Waals surface area contributed by atoms with E-state index in [1.165, 1.54) is 69.9 Å². The van der Waals surface area contributed by atoms with Crippen LogP contribution in [-0.4, -0.2) is 108 Å². The molecule has 1 unspecified atom stereocenters. The largest absolute Gasteiger partial charge is 0.480 e. The summed E-state index contributed by atoms with van der Waals surface area (Å²) in [5, 5.41) is 13.7. The van der Waals surface area contributed by atoms with Crippen molar-refractivity contribution >= 4 is 153 Å². The maximum Gasteiger partial charge on any atom is 0.324 e. The van der Waals surface area contributed by atoms with Crippen LogP contribution in [0.4, 0.5) is 0 Å². The lowest BCUT2D eigenvalue weighted by Crippen LogP contribution is -2.44. The third-order valence-corrected chi connectivity index (χ3v) is 21.1. The Morgan fingerprint density at radius 2 is 0.680 bits per heavy atom. The monoisotopic (exact) mass is 1710 g/mol. The lowest BCUT2D eigenvalue weighted by atomic mass is 10.1. The van der Waals surface area contributed by atoms with Crippen LogP contribution >= 0.6 is 68.3 Å². The summed E-state index contributed by atoms with van der Waals surface area (Å²) in [5.41, 5.74) is 8.49. The Kier molecular flexibility index (Phi) is 37.2. The molecule has 0 saturated carbocycles. The van der Waals surface area contributed by atoms with E-state index in [1.807, 2.05) is 98.8 Å². The fraction of sp³-hybridized carbons (Fsp3) is 0.278. The molecule has 538 valence electrons. The Labute approximate surface area is 625 Å². The van der Waals surface area contributed by atoms with Crippen LogP contribution in [0.25, 0.3) is 21.5 Å². The number of fused-ring (bicyclic) bond motifs is 2. The second-order valence-corrected chi connectivity index (χ2v) is 32.9. The molecule has 20 nitrogen and oxygen atoms in total. The predicted molar refractivity (Wildman–Crippen MR) is 411 cm³/mol. The number of hydrogen-bond acceptors (Lipinski definition) is 16. The summed E-state index contributed by atoms with van der Waals surface area (Å²) in [6, 6.07) is 49.5. The van der Waals surface area contributed by atoms with E-state index in [2.05, 4.69) is 92.5 Å². The Hall–Kier alpha value is -7.04. The number of nitrogens with one attached hydrogen (secondary N) is 3. The Bertz CT molecular complexity index is 4650. The topological polar surface area (TPSA) is 315 Å². The molecule has 100 heavy (non-hydrogen) atoms. The van der Waals surface area contributed by atoms with Gasteiger partial charge in [-0.15, -0.1) is 12.4 Å². The first-order valence-electron chi connectivity index (χ1n) is 29.9. The van der Waals surface area contributed by atoms with Gasteiger partial charge < -0.3 is 25.1 Å². The number of carboxylic acid groups (broad SMARTS) is 1. The maximum atomic E-state index is 12.6. The third-order valence-electron chi connectivity index (χ3n) is 14.0. The summed E-state index contributed by atoms with van der Waals surface area (Å²) >= 11 is 4.17. The molecule has 6 N–H and O–H groups in total. The molecular weight excluding hydrogens is 1630 g/mol. The van der Waals surface area contributed by atoms with Gasteiger partial charge in [0.1, 0.15) is 24.2 Å². The molecule has 8 aromatic rings. The van der Waals surface area contributed by atoms with Gasteiger partial charge in [-0.05, 0) is 212 Å². The number of esters is 3. The average molecular weight is 1710 g/mol. The number of nitrogens with two attached hydrogens (primary N) is 1. The lowest BCUT2D eigenvalue weighted by molar-refractivity contribution is -0.144. The second-order valence-electron chi connectivity index (χ2n) is 22.7. The zero-order valence-corrected chi connectivity index (χ0v) is 64.9. The first-order chi connectivity index (χ1) is 45.9. The molecule has 28 heteroatoms. The van der Waals surface area contributed by atoms with Crippen LogP contribution in [0.15, 0.2) is 202 Å². The van der Waals surface area contributed by atoms with E-state index in [-0.39, 0.29) is 69.1 Å². The highest BCUT2D eigenvalue weighted by Crippen LogP contribution is 2.21. The van der Waals surface area contributed by atoms with Crippen molar-refractivity contribution in [3.05, 3.63) is 211 Å². The summed E-state index contributed by atoms with van der Waals surface area (Å²) in [5.74, 6) is 8.81. The lowest BCUT2D eigenvalue weighted by Gasteiger charge is -2.19. The number of hydrogen-bond donors (Lipinski definition) is 5. The van der Waals surface area contributed by atoms with Crippen molar-refractivity contribution in [1.29, 1.82) is 0 Å². The zero-order valence-electron chi connectivity index (χ0n) is 55.8. The van der Waals surface area contributed by atoms with Crippen molar-refractivity contribution in [3.8, 4) is 23.7 Å². The molecule has 8 aromatic carbocycles. The summed E-state index contributed by atoms with van der Waals surface area (Å²) < 4.78 is 119. The number of carbonyl (C=O) groups is 4. The van der Waals surface area contributed by atoms with E-state index in [0.29, 0.717) is 11.1 Å². The highest BCUT2D eigenvalue weighted by Gasteiger charge is 2.31. The van der Waals surface area contributed by atoms with Gasteiger partial charge in [-0.1, -0.05) is 147 Å². The van der Waals surface area contributed by atoms with Gasteiger partial charge in [0.15, 0.2) is 0 Å². The normalized spacial score (nSPS) is 12.3. The van der Waals surface area contributed by atoms with Gasteiger partial charge in [-0.3, -0.25) is 19.2 Å². The molecule has 0 saturated heterocycles. The minimum absolute atomic E-state index is 0. The molecule has 4 atom stereocenters. The highest BCUT2D eigenvalue weighted by molar-refractivity contribution is 14.1. The van der Waals surface area contributed by atoms with Crippen molar-refractivity contribution in [2.45, 2.75) is 107 Å². The number of carbonyl (C=O) groups excluding carboxylic acids is 3. The maximum absolute atomic E-state index is 12.6. The van der Waals surface area contributed by atoms with Crippen LogP contribution in [0, 0.1) is 54.5 Å². The first kappa shape index (κ1) is 89.0. The van der Waals surface area contributed by atoms with Crippen molar-refractivity contribution < 1.29 is 72.2 Å². The number of aliphatic carboxylic acids is 1. The highest BCUT2D eigenvalue weighted by atomic mass is 127. The molecule has 0 spiro atoms. The van der Waals surface area contributed by atoms with Crippen LogP contribution in [0.2, 0.25) is 0 Å². The van der Waals surface area contributed by atoms with Crippen molar-refractivity contribution in [2.24, 2.45) is 29.4 Å². The summed E-state index contributed by atoms with van der Waals surface area (Å²) in [6.07, 6.45) is 0. The molecule has 0 amide bonds. The fourth-order valence-corrected chi connectivity index (χ4v) is 13.7. The smallest absolute Gasteiger partial charge is 0.324 e. The van der Waals surface area contributed by atoms with E-state index in [4.69, 9.17) is 21.2 Å². The number of sulfonamides is 3. The molecule has 0 radical (unpaired) electrons. The quantitative estimate of drug-likeness (QED) is 0.0175. The Morgan fingerprint density at radius 3 is 0.950 bits per heavy atom. The SMILES string of the molecule is C.CC(C)[C@H](NS(=O)(=O)c1ccc(C#Cc2ccc3ccccc3c2)cc1)C(=O)O.COC(=O)C(N)C(C)C.COC(=O)[C@@H](NS(=O)(=O)c1ccc(C#Cc2ccc3ccccc3c2)cc1)C(C)C.COC(=O)[C@@H](NS(=O)(=O)c1ccc(I)cc1)C(C)C.Cl.O=S(=O)(Cl)c1ccc(I)cc1. The summed E-state index contributed by atoms with van der Waals surface area (Å²) in [6.45, 7) is 14.0. The van der Waals surface area contributed by atoms with E-state index in [0.717, 1.165) is 39.8 Å². The van der Waals surface area contributed by atoms with E-state index in [9.17, 15) is 58.0 Å². The molecule has 0 aliphatic rings. The number of rotatable bonds is 18. The zero-order chi connectivity index (χ0) is 73.3. The van der Waals surface area contributed by atoms with E-state index < -0.39 is 81.2 Å². The van der Waals surface area contributed by atoms with Crippen molar-refractivity contribution in [3.63, 3.8) is 0 Å². The van der Waals surface area contributed by atoms with Crippen molar-refractivity contribution in [2.75, 3.05) is 21.3 Å². The molecule has 0 aromatic heterocycles. The van der Waals surface area contributed by atoms with Gasteiger partial charge in [0.05, 0.1) is 40.9 Å². The minimum Gasteiger partial charge on any atom is -0.480 e. The molecule has 0 bridgehead atoms. The number of halogens is 4. The molecule has 0 fully saturated rings. The van der Waals surface area contributed by atoms with Crippen LogP contribution in [0.5, 0.6) is 0 Å². The molecule has 0 aliphatic carbocycles. The molecule has 0 heterocycles. The standard InChI is InChI=1S/C24H23NO4S.C23H21NO4S.C12H16INO4S.C6H4ClIO2S.C6H13NO2.CH4.ClH/c1-17(2)23(24(26)29-3)25-30(27,28)22-14-11-18(12-15-22)8-9-19-10-13-20-6-4-5-7-21(20)16-19;1-16(2)22(23(25)26)24-29(27,28)21-13-10-17(11-14-21)7-8-18-9-12-19-5-3-4-6-20(19)15-18;1-8(2)11(12(15)18-3)14-19(16,17)10-6-4-9(13)5-7-10;7-11(9,10)6-3-1-5(8)2-4-6;1-4(2)5(7)6(8)9-3;;/h4-7,10-17,23,25H,1-3H3;3-6,9-16,22,24H,1-2H3,(H,25,26);4-8,11,14H,1-3H3;1-4H;4-5H,7H2,1-3H3;1H4;1H/t23-;22-;11-;;;;/m000..../s1. The predicted octanol–water partition coefficient (Wildman–Crippen LogP) is 12.5. The van der Waals surface area contributed by atoms with Gasteiger partial charge in [-0.25, -0.2) is 33.7 Å². The van der Waals surface area contributed by atoms with Gasteiger partial charge >= 0.3 is 23.9 Å². The summed E-state index contributed by atoms with van der Waals surface area (Å²) in [7, 11) is -6.20. The molecular formula is C72H82Cl2I2N4O16S4. The van der Waals surface area contributed by atoms with Crippen molar-refractivity contribution in [1.82, 2.24) is 14.2 Å². The summed E-state index contributed by atoms with van der Waals surface area (Å²) in [4.78, 5) is 45.6. The average Bonchev–Trinajstić information content (AvgIpc) is 0.840. The third kappa shape index (κ3) is 28.8. The van der Waals surface area contributed by atoms with E-state index >= 15 is 0 Å². The van der Waals surface area contributed by atoms with Gasteiger partial charge in [-0.2, -0.15) is 14.2 Å². The van der Waals surface area contributed by atoms with Gasteiger partial charge in [0.2, 0.25) is 30.1 Å². The molecule has 0 aliphatic heterocycles. The minimum atomic E-state index is -3.94. The van der Waals surface area contributed by atoms with E-state index in [1.54, 1.807) is 90.1 Å². The molecule has 8 rings (SSSR count). The fourth-order valence-electron chi connectivity index (χ4n) is 8.22. The second kappa shape index (κ2) is 41.8. The first-order valence-corrected chi connectivity index (χ1v) is 38.8. The van der Waals surface area contributed by atoms with Gasteiger partial charge in [0, 0.05) is 40.1 Å². The number of carboxylic acids is 1.